The lowest BCUT2D eigenvalue weighted by Gasteiger charge is -2.47. The van der Waals surface area contributed by atoms with Gasteiger partial charge in [0.25, 0.3) is 0 Å². The maximum Gasteiger partial charge on any atom is 0.329 e. The van der Waals surface area contributed by atoms with Crippen molar-refractivity contribution in [3.05, 3.63) is 82.1 Å². The summed E-state index contributed by atoms with van der Waals surface area (Å²) < 4.78 is 12.7. The molecule has 3 aliphatic rings. The van der Waals surface area contributed by atoms with Crippen molar-refractivity contribution < 1.29 is 19.4 Å². The number of nitrogens with one attached hydrogen (secondary N) is 2. The SMILES string of the molecule is CN=NNCCOc1ccc2c(c1)C1(CCC(Nc3cccc(Cl)c3)(C(=O)O)CC1)[C@@H](C[C@@H](C)COc1ccnc3c1[C@H](C)CCC3)C2. The Bertz CT molecular complexity index is 1620. The van der Waals surface area contributed by atoms with Crippen LogP contribution in [0.1, 0.15) is 87.1 Å². The summed E-state index contributed by atoms with van der Waals surface area (Å²) in [5.74, 6) is 2.11. The van der Waals surface area contributed by atoms with E-state index in [1.165, 1.54) is 35.2 Å². The number of aliphatic carboxylic acids is 1. The maximum atomic E-state index is 12.9. The summed E-state index contributed by atoms with van der Waals surface area (Å²) in [6.45, 7) is 6.22. The van der Waals surface area contributed by atoms with Crippen molar-refractivity contribution in [3.8, 4) is 11.5 Å². The van der Waals surface area contributed by atoms with Crippen LogP contribution in [0.15, 0.2) is 65.1 Å². The average molecular weight is 674 g/mol. The molecule has 0 saturated heterocycles. The van der Waals surface area contributed by atoms with Gasteiger partial charge in [0.1, 0.15) is 23.6 Å². The van der Waals surface area contributed by atoms with E-state index in [1.807, 2.05) is 24.4 Å². The highest BCUT2D eigenvalue weighted by molar-refractivity contribution is 6.30. The first kappa shape index (κ1) is 34.0. The maximum absolute atomic E-state index is 12.9. The van der Waals surface area contributed by atoms with E-state index in [9.17, 15) is 9.90 Å². The lowest BCUT2D eigenvalue weighted by Crippen LogP contribution is -2.53. The Morgan fingerprint density at radius 2 is 1.98 bits per heavy atom. The molecule has 1 spiro atoms. The smallest absolute Gasteiger partial charge is 0.329 e. The van der Waals surface area contributed by atoms with Gasteiger partial charge in [0, 0.05) is 28.2 Å². The van der Waals surface area contributed by atoms with Crippen LogP contribution in [0, 0.1) is 11.8 Å². The zero-order valence-corrected chi connectivity index (χ0v) is 29.1. The van der Waals surface area contributed by atoms with Crippen LogP contribution in [0.3, 0.4) is 0 Å². The minimum absolute atomic E-state index is 0.156. The molecule has 0 aliphatic heterocycles. The van der Waals surface area contributed by atoms with Gasteiger partial charge >= 0.3 is 5.97 Å². The van der Waals surface area contributed by atoms with Gasteiger partial charge in [-0.2, -0.15) is 5.11 Å². The fraction of sp³-hybridized carbons (Fsp3) is 0.526. The van der Waals surface area contributed by atoms with Crippen LogP contribution in [0.5, 0.6) is 11.5 Å². The number of hydrogen-bond acceptors (Lipinski definition) is 7. The number of carboxylic acid groups (broad SMARTS) is 1. The molecule has 3 aliphatic carbocycles. The molecule has 256 valence electrons. The third kappa shape index (κ3) is 7.12. The molecule has 1 fully saturated rings. The van der Waals surface area contributed by atoms with Gasteiger partial charge < -0.3 is 19.9 Å². The Morgan fingerprint density at radius 3 is 2.75 bits per heavy atom. The molecular weight excluding hydrogens is 626 g/mol. The average Bonchev–Trinajstić information content (AvgIpc) is 3.36. The van der Waals surface area contributed by atoms with Crippen molar-refractivity contribution >= 4 is 23.3 Å². The summed E-state index contributed by atoms with van der Waals surface area (Å²) in [5, 5.41) is 22.1. The van der Waals surface area contributed by atoms with Crippen molar-refractivity contribution in [3.63, 3.8) is 0 Å². The Balaban J connectivity index is 1.22. The first-order chi connectivity index (χ1) is 23.2. The molecule has 3 aromatic rings. The molecule has 0 radical (unpaired) electrons. The number of anilines is 1. The number of fused-ring (bicyclic) bond motifs is 3. The zero-order valence-electron chi connectivity index (χ0n) is 28.3. The standard InChI is InChI=1S/C38H48ClN5O4/c1-25(24-48-34-12-17-41-33-9-4-6-26(2)35(33)34)20-28-21-27-10-11-31(47-19-18-42-44-40-3)23-32(27)37(28)13-15-38(16-14-37,36(45)46)43-30-8-5-7-29(39)22-30/h5,7-8,10-12,17,22-23,25-26,28,43H,4,6,9,13-16,18-21,24H2,1-3H3,(H,40,42)(H,45,46)/t25-,26-,28+,37?,38?/m1/s1. The lowest BCUT2D eigenvalue weighted by molar-refractivity contribution is -0.144. The van der Waals surface area contributed by atoms with Gasteiger partial charge in [-0.25, -0.2) is 4.79 Å². The Hall–Kier alpha value is -3.85. The highest BCUT2D eigenvalue weighted by Gasteiger charge is 2.54. The second-order valence-electron chi connectivity index (χ2n) is 14.1. The normalized spacial score (nSPS) is 25.3. The Kier molecular flexibility index (Phi) is 10.4. The fourth-order valence-corrected chi connectivity index (χ4v) is 8.69. The second-order valence-corrected chi connectivity index (χ2v) is 14.5. The lowest BCUT2D eigenvalue weighted by atomic mass is 9.59. The minimum atomic E-state index is -1.07. The van der Waals surface area contributed by atoms with Crippen LogP contribution in [0.2, 0.25) is 5.02 Å². The van der Waals surface area contributed by atoms with Gasteiger partial charge in [-0.05, 0) is 128 Å². The topological polar surface area (TPSA) is 117 Å². The largest absolute Gasteiger partial charge is 0.493 e. The molecule has 48 heavy (non-hydrogen) atoms. The summed E-state index contributed by atoms with van der Waals surface area (Å²) in [7, 11) is 1.62. The first-order valence-electron chi connectivity index (χ1n) is 17.4. The summed E-state index contributed by atoms with van der Waals surface area (Å²) in [6.07, 6.45) is 9.74. The van der Waals surface area contributed by atoms with Gasteiger partial charge in [0.2, 0.25) is 0 Å². The molecule has 1 aromatic heterocycles. The molecule has 0 amide bonds. The number of aryl methyl sites for hydroxylation is 1. The minimum Gasteiger partial charge on any atom is -0.493 e. The highest BCUT2D eigenvalue weighted by atomic mass is 35.5. The summed E-state index contributed by atoms with van der Waals surface area (Å²) in [6, 6.07) is 15.8. The van der Waals surface area contributed by atoms with Gasteiger partial charge in [0.15, 0.2) is 0 Å². The van der Waals surface area contributed by atoms with Crippen molar-refractivity contribution in [2.75, 3.05) is 32.1 Å². The predicted octanol–water partition coefficient (Wildman–Crippen LogP) is 8.17. The number of ether oxygens (including phenoxy) is 2. The Labute approximate surface area is 288 Å². The van der Waals surface area contributed by atoms with Crippen LogP contribution in [0.25, 0.3) is 0 Å². The molecule has 1 saturated carbocycles. The molecule has 3 atom stereocenters. The summed E-state index contributed by atoms with van der Waals surface area (Å²) in [4.78, 5) is 17.6. The Morgan fingerprint density at radius 1 is 1.15 bits per heavy atom. The quantitative estimate of drug-likeness (QED) is 0.0952. The second kappa shape index (κ2) is 14.7. The first-order valence-corrected chi connectivity index (χ1v) is 17.8. The van der Waals surface area contributed by atoms with E-state index < -0.39 is 11.5 Å². The molecule has 0 unspecified atom stereocenters. The number of rotatable bonds is 13. The van der Waals surface area contributed by atoms with Crippen LogP contribution >= 0.6 is 11.6 Å². The molecular formula is C38H48ClN5O4. The van der Waals surface area contributed by atoms with Crippen LogP contribution in [-0.2, 0) is 23.1 Å². The number of aromatic nitrogens is 1. The summed E-state index contributed by atoms with van der Waals surface area (Å²) in [5.41, 5.74) is 7.49. The van der Waals surface area contributed by atoms with Gasteiger partial charge in [-0.3, -0.25) is 10.4 Å². The summed E-state index contributed by atoms with van der Waals surface area (Å²) >= 11 is 6.27. The number of nitrogens with zero attached hydrogens (tertiary/aromatic N) is 3. The fourth-order valence-electron chi connectivity index (χ4n) is 8.50. The van der Waals surface area contributed by atoms with E-state index in [2.05, 4.69) is 58.1 Å². The molecule has 9 nitrogen and oxygen atoms in total. The number of hydrogen-bond donors (Lipinski definition) is 3. The number of halogens is 1. The highest BCUT2D eigenvalue weighted by Crippen LogP contribution is 2.56. The molecule has 6 rings (SSSR count). The van der Waals surface area contributed by atoms with Crippen molar-refractivity contribution in [2.24, 2.45) is 22.2 Å². The van der Waals surface area contributed by atoms with E-state index >= 15 is 0 Å². The molecule has 2 aromatic carbocycles. The molecule has 10 heteroatoms. The van der Waals surface area contributed by atoms with Gasteiger partial charge in [-0.1, -0.05) is 42.8 Å². The van der Waals surface area contributed by atoms with E-state index in [1.54, 1.807) is 19.2 Å². The van der Waals surface area contributed by atoms with E-state index in [0.29, 0.717) is 55.4 Å². The van der Waals surface area contributed by atoms with E-state index in [0.717, 1.165) is 49.3 Å². The molecule has 0 bridgehead atoms. The monoisotopic (exact) mass is 673 g/mol. The van der Waals surface area contributed by atoms with Crippen LogP contribution < -0.4 is 20.2 Å². The zero-order chi connectivity index (χ0) is 33.7. The van der Waals surface area contributed by atoms with Crippen molar-refractivity contribution in [2.45, 2.75) is 88.5 Å². The third-order valence-electron chi connectivity index (χ3n) is 10.9. The van der Waals surface area contributed by atoms with Gasteiger partial charge in [-0.15, -0.1) is 0 Å². The molecule has 3 N–H and O–H groups in total. The number of carboxylic acids is 1. The van der Waals surface area contributed by atoms with Gasteiger partial charge in [0.05, 0.1) is 20.2 Å². The van der Waals surface area contributed by atoms with Crippen LogP contribution in [0.4, 0.5) is 5.69 Å². The van der Waals surface area contributed by atoms with Crippen molar-refractivity contribution in [1.29, 1.82) is 0 Å². The number of carbonyl (C=O) groups is 1. The van der Waals surface area contributed by atoms with Crippen molar-refractivity contribution in [1.82, 2.24) is 10.4 Å². The molecule has 1 heterocycles. The van der Waals surface area contributed by atoms with E-state index in [-0.39, 0.29) is 5.41 Å². The predicted molar refractivity (Wildman–Crippen MR) is 188 cm³/mol. The van der Waals surface area contributed by atoms with E-state index in [4.69, 9.17) is 21.1 Å². The number of pyridine rings is 1. The van der Waals surface area contributed by atoms with Crippen LogP contribution in [-0.4, -0.2) is 48.4 Å². The number of benzene rings is 2. The third-order valence-corrected chi connectivity index (χ3v) is 11.2.